The first-order valence-electron chi connectivity index (χ1n) is 11.5. The first-order chi connectivity index (χ1) is 17.6. The summed E-state index contributed by atoms with van der Waals surface area (Å²) in [6, 6.07) is 28.4. The summed E-state index contributed by atoms with van der Waals surface area (Å²) in [7, 11) is 0. The van der Waals surface area contributed by atoms with Gasteiger partial charge in [0.1, 0.15) is 28.7 Å². The molecule has 2 aromatic heterocycles. The zero-order chi connectivity index (χ0) is 24.9. The topological polar surface area (TPSA) is 64.9 Å². The molecule has 0 radical (unpaired) electrons. The predicted molar refractivity (Wildman–Crippen MR) is 142 cm³/mol. The Kier molecular flexibility index (Phi) is 6.87. The number of nitrogens with zero attached hydrogens (tertiary/aromatic N) is 2. The molecule has 0 aliphatic carbocycles. The zero-order valence-electron chi connectivity index (χ0n) is 19.6. The summed E-state index contributed by atoms with van der Waals surface area (Å²) in [6.07, 6.45) is 1.99. The van der Waals surface area contributed by atoms with Crippen LogP contribution < -0.4 is 14.8 Å². The van der Waals surface area contributed by atoms with E-state index in [0.29, 0.717) is 34.3 Å². The molecule has 0 saturated heterocycles. The second-order valence-electron chi connectivity index (χ2n) is 8.29. The van der Waals surface area contributed by atoms with E-state index < -0.39 is 5.97 Å². The van der Waals surface area contributed by atoms with E-state index in [9.17, 15) is 4.79 Å². The molecule has 0 aliphatic rings. The van der Waals surface area contributed by atoms with Crippen LogP contribution in [0.25, 0.3) is 16.9 Å². The first-order valence-corrected chi connectivity index (χ1v) is 11.9. The van der Waals surface area contributed by atoms with Crippen molar-refractivity contribution in [1.29, 1.82) is 0 Å². The highest BCUT2D eigenvalue weighted by Gasteiger charge is 2.19. The van der Waals surface area contributed by atoms with Crippen LogP contribution in [0.1, 0.15) is 11.1 Å². The summed E-state index contributed by atoms with van der Waals surface area (Å²) in [6.45, 7) is 2.41. The zero-order valence-corrected chi connectivity index (χ0v) is 20.4. The Bertz CT molecular complexity index is 1500. The minimum Gasteiger partial charge on any atom is -0.482 e. The van der Waals surface area contributed by atoms with E-state index in [4.69, 9.17) is 26.1 Å². The normalized spacial score (nSPS) is 10.8. The maximum Gasteiger partial charge on any atom is 0.349 e. The second kappa shape index (κ2) is 10.5. The van der Waals surface area contributed by atoms with Crippen LogP contribution in [0, 0.1) is 6.92 Å². The summed E-state index contributed by atoms with van der Waals surface area (Å²) in [5, 5.41) is 4.12. The number of fused-ring (bicyclic) bond motifs is 1. The van der Waals surface area contributed by atoms with Crippen LogP contribution >= 0.6 is 11.6 Å². The smallest absolute Gasteiger partial charge is 0.349 e. The van der Waals surface area contributed by atoms with Gasteiger partial charge in [-0.2, -0.15) is 0 Å². The molecule has 0 spiro atoms. The van der Waals surface area contributed by atoms with Gasteiger partial charge in [0.2, 0.25) is 0 Å². The number of esters is 1. The molecule has 0 fully saturated rings. The Balaban J connectivity index is 1.43. The third-order valence-corrected chi connectivity index (χ3v) is 5.87. The lowest BCUT2D eigenvalue weighted by atomic mass is 10.1. The number of para-hydroxylation sites is 1. The number of hydrogen-bond donors (Lipinski definition) is 1. The van der Waals surface area contributed by atoms with Crippen LogP contribution in [0.4, 0.5) is 5.82 Å². The fourth-order valence-corrected chi connectivity index (χ4v) is 3.99. The maximum absolute atomic E-state index is 12.6. The van der Waals surface area contributed by atoms with Gasteiger partial charge in [0.05, 0.1) is 0 Å². The monoisotopic (exact) mass is 497 g/mol. The number of halogens is 1. The summed E-state index contributed by atoms with van der Waals surface area (Å²) >= 11 is 5.91. The van der Waals surface area contributed by atoms with E-state index in [2.05, 4.69) is 17.4 Å². The SMILES string of the molecule is Cc1ccn2c(NCc3ccccc3)c(-c3ccccc3OC(=O)COc3ccc(Cl)cc3)nc2c1. The number of anilines is 1. The highest BCUT2D eigenvalue weighted by Crippen LogP contribution is 2.35. The van der Waals surface area contributed by atoms with Crippen molar-refractivity contribution < 1.29 is 14.3 Å². The lowest BCUT2D eigenvalue weighted by Gasteiger charge is -2.12. The third-order valence-electron chi connectivity index (χ3n) is 5.62. The summed E-state index contributed by atoms with van der Waals surface area (Å²) < 4.78 is 13.3. The van der Waals surface area contributed by atoms with E-state index in [0.717, 1.165) is 22.6 Å². The van der Waals surface area contributed by atoms with Gasteiger partial charge in [0.25, 0.3) is 0 Å². The van der Waals surface area contributed by atoms with Gasteiger partial charge in [-0.15, -0.1) is 0 Å². The highest BCUT2D eigenvalue weighted by atomic mass is 35.5. The standard InChI is InChI=1S/C29H24ClN3O3/c1-20-15-16-33-26(17-20)32-28(29(33)31-18-21-7-3-2-4-8-21)24-9-5-6-10-25(24)36-27(34)19-35-23-13-11-22(30)12-14-23/h2-17,31H,18-19H2,1H3. The fourth-order valence-electron chi connectivity index (χ4n) is 3.86. The van der Waals surface area contributed by atoms with E-state index >= 15 is 0 Å². The molecule has 180 valence electrons. The number of imidazole rings is 1. The maximum atomic E-state index is 12.6. The number of pyridine rings is 1. The minimum absolute atomic E-state index is 0.237. The fraction of sp³-hybridized carbons (Fsp3) is 0.103. The van der Waals surface area contributed by atoms with Gasteiger partial charge in [-0.3, -0.25) is 4.40 Å². The average molecular weight is 498 g/mol. The van der Waals surface area contributed by atoms with Crippen LogP contribution in [0.15, 0.2) is 97.2 Å². The number of aromatic nitrogens is 2. The molecule has 0 saturated carbocycles. The predicted octanol–water partition coefficient (Wildman–Crippen LogP) is 6.56. The molecule has 5 aromatic rings. The molecule has 3 aromatic carbocycles. The van der Waals surface area contributed by atoms with Crippen molar-refractivity contribution in [1.82, 2.24) is 9.38 Å². The Morgan fingerprint density at radius 3 is 2.53 bits per heavy atom. The van der Waals surface area contributed by atoms with Crippen LogP contribution in [0.3, 0.4) is 0 Å². The molecule has 0 unspecified atom stereocenters. The highest BCUT2D eigenvalue weighted by molar-refractivity contribution is 6.30. The minimum atomic E-state index is -0.518. The largest absolute Gasteiger partial charge is 0.482 e. The second-order valence-corrected chi connectivity index (χ2v) is 8.73. The number of carbonyl (C=O) groups is 1. The molecule has 7 heteroatoms. The molecule has 5 rings (SSSR count). The molecule has 2 heterocycles. The summed E-state index contributed by atoms with van der Waals surface area (Å²) in [5.41, 5.74) is 4.44. The van der Waals surface area contributed by atoms with Gasteiger partial charge >= 0.3 is 5.97 Å². The number of aryl methyl sites for hydroxylation is 1. The third kappa shape index (κ3) is 5.34. The van der Waals surface area contributed by atoms with Crippen molar-refractivity contribution in [3.63, 3.8) is 0 Å². The van der Waals surface area contributed by atoms with E-state index in [1.165, 1.54) is 0 Å². The van der Waals surface area contributed by atoms with Crippen LogP contribution in [0.2, 0.25) is 5.02 Å². The Morgan fingerprint density at radius 2 is 1.72 bits per heavy atom. The molecule has 0 atom stereocenters. The van der Waals surface area contributed by atoms with Crippen LogP contribution in [-0.4, -0.2) is 22.0 Å². The number of ether oxygens (including phenoxy) is 2. The molecule has 1 N–H and O–H groups in total. The molecule has 0 bridgehead atoms. The first kappa shape index (κ1) is 23.5. The van der Waals surface area contributed by atoms with Gasteiger partial charge in [-0.05, 0) is 66.6 Å². The number of benzene rings is 3. The Morgan fingerprint density at radius 1 is 0.972 bits per heavy atom. The Hall–Kier alpha value is -4.29. The molecule has 36 heavy (non-hydrogen) atoms. The van der Waals surface area contributed by atoms with E-state index in [1.54, 1.807) is 30.3 Å². The molecule has 0 aliphatic heterocycles. The number of rotatable bonds is 8. The van der Waals surface area contributed by atoms with Crippen molar-refractivity contribution >= 4 is 29.0 Å². The van der Waals surface area contributed by atoms with Crippen LogP contribution in [0.5, 0.6) is 11.5 Å². The number of nitrogens with one attached hydrogen (secondary N) is 1. The number of carbonyl (C=O) groups excluding carboxylic acids is 1. The van der Waals surface area contributed by atoms with Crippen molar-refractivity contribution in [2.45, 2.75) is 13.5 Å². The van der Waals surface area contributed by atoms with E-state index in [1.807, 2.05) is 66.1 Å². The summed E-state index contributed by atoms with van der Waals surface area (Å²) in [5.74, 6) is 1.24. The lowest BCUT2D eigenvalue weighted by Crippen LogP contribution is -2.18. The van der Waals surface area contributed by atoms with Crippen molar-refractivity contribution in [3.8, 4) is 22.8 Å². The van der Waals surface area contributed by atoms with Gasteiger partial charge in [0.15, 0.2) is 6.61 Å². The van der Waals surface area contributed by atoms with Crippen molar-refractivity contribution in [2.24, 2.45) is 0 Å². The van der Waals surface area contributed by atoms with Gasteiger partial charge < -0.3 is 14.8 Å². The molecule has 0 amide bonds. The quantitative estimate of drug-likeness (QED) is 0.194. The molecular weight excluding hydrogens is 474 g/mol. The summed E-state index contributed by atoms with van der Waals surface area (Å²) in [4.78, 5) is 17.5. The van der Waals surface area contributed by atoms with Crippen molar-refractivity contribution in [3.05, 3.63) is 113 Å². The number of hydrogen-bond acceptors (Lipinski definition) is 5. The van der Waals surface area contributed by atoms with Gasteiger partial charge in [-0.1, -0.05) is 54.1 Å². The lowest BCUT2D eigenvalue weighted by molar-refractivity contribution is -0.136. The van der Waals surface area contributed by atoms with E-state index in [-0.39, 0.29) is 6.61 Å². The average Bonchev–Trinajstić information content (AvgIpc) is 3.25. The van der Waals surface area contributed by atoms with Gasteiger partial charge in [0, 0.05) is 23.3 Å². The van der Waals surface area contributed by atoms with Crippen LogP contribution in [-0.2, 0) is 11.3 Å². The molecular formula is C29H24ClN3O3. The van der Waals surface area contributed by atoms with Crippen molar-refractivity contribution in [2.75, 3.05) is 11.9 Å². The Labute approximate surface area is 214 Å². The van der Waals surface area contributed by atoms with Gasteiger partial charge in [-0.25, -0.2) is 9.78 Å². The molecule has 6 nitrogen and oxygen atoms in total.